The van der Waals surface area contributed by atoms with Crippen LogP contribution in [0.2, 0.25) is 0 Å². The fourth-order valence-corrected chi connectivity index (χ4v) is 7.42. The van der Waals surface area contributed by atoms with Crippen LogP contribution in [-0.2, 0) is 28.7 Å². The molecule has 0 heterocycles. The highest BCUT2D eigenvalue weighted by Crippen LogP contribution is 2.49. The minimum Gasteiger partial charge on any atom is -0.481 e. The van der Waals surface area contributed by atoms with Crippen molar-refractivity contribution in [2.24, 2.45) is 28.4 Å². The van der Waals surface area contributed by atoms with Gasteiger partial charge in [0.05, 0.1) is 24.5 Å². The number of rotatable bonds is 16. The highest BCUT2D eigenvalue weighted by atomic mass is 16.5. The van der Waals surface area contributed by atoms with E-state index in [0.717, 1.165) is 35.8 Å². The Bertz CT molecular complexity index is 1500. The van der Waals surface area contributed by atoms with Gasteiger partial charge in [-0.05, 0) is 103 Å². The summed E-state index contributed by atoms with van der Waals surface area (Å²) in [6.07, 6.45) is 24.4. The van der Waals surface area contributed by atoms with Crippen LogP contribution < -0.4 is 5.73 Å². The average Bonchev–Trinajstić information content (AvgIpc) is 3.13. The number of hydrogen-bond acceptors (Lipinski definition) is 9. The molecule has 5 N–H and O–H groups in total. The monoisotopic (exact) mass is 828 g/mol. The van der Waals surface area contributed by atoms with Crippen LogP contribution in [0, 0.1) is 22.7 Å². The first-order valence-corrected chi connectivity index (χ1v) is 21.3. The largest absolute Gasteiger partial charge is 0.481 e. The van der Waals surface area contributed by atoms with E-state index in [2.05, 4.69) is 19.6 Å². The molecule has 0 aromatic carbocycles. The Morgan fingerprint density at radius 1 is 0.780 bits per heavy atom. The van der Waals surface area contributed by atoms with Gasteiger partial charge in [0.1, 0.15) is 12.2 Å². The number of ketones is 1. The number of nitrogens with two attached hydrogens (primary N) is 1. The summed E-state index contributed by atoms with van der Waals surface area (Å²) in [6.45, 7) is 24.6. The third kappa shape index (κ3) is 24.7. The van der Waals surface area contributed by atoms with Gasteiger partial charge in [0.2, 0.25) is 0 Å². The lowest BCUT2D eigenvalue weighted by molar-refractivity contribution is -0.174. The summed E-state index contributed by atoms with van der Waals surface area (Å²) in [5.41, 5.74) is 3.99. The van der Waals surface area contributed by atoms with Gasteiger partial charge in [0.15, 0.2) is 5.78 Å². The zero-order valence-electron chi connectivity index (χ0n) is 39.0. The maximum atomic E-state index is 13.2. The molecule has 2 rings (SSSR count). The van der Waals surface area contributed by atoms with Crippen molar-refractivity contribution in [1.29, 1.82) is 0 Å². The second-order valence-electron chi connectivity index (χ2n) is 17.1. The molecule has 336 valence electrons. The second kappa shape index (κ2) is 29.4. The van der Waals surface area contributed by atoms with E-state index >= 15 is 0 Å². The first-order chi connectivity index (χ1) is 27.5. The van der Waals surface area contributed by atoms with Crippen molar-refractivity contribution < 1.29 is 44.0 Å². The Morgan fingerprint density at radius 3 is 1.78 bits per heavy atom. The van der Waals surface area contributed by atoms with E-state index in [1.165, 1.54) is 33.7 Å². The molecule has 2 saturated carbocycles. The van der Waals surface area contributed by atoms with Crippen LogP contribution in [0.15, 0.2) is 83.6 Å². The Labute approximate surface area is 357 Å². The van der Waals surface area contributed by atoms with Crippen molar-refractivity contribution in [2.45, 2.75) is 172 Å². The molecule has 0 aliphatic heterocycles. The van der Waals surface area contributed by atoms with E-state index in [4.69, 9.17) is 14.6 Å². The fourth-order valence-electron chi connectivity index (χ4n) is 7.42. The number of carboxylic acids is 1. The quantitative estimate of drug-likeness (QED) is 0.0666. The minimum absolute atomic E-state index is 0.0737. The molecule has 0 bridgehead atoms. The first-order valence-electron chi connectivity index (χ1n) is 21.3. The smallest absolute Gasteiger partial charge is 0.308 e. The SMILES string of the molecule is CC.CC(=O)OC1CCC(C(C)C)CC1.CN.C\C=C/C=C/C(C)=C/C=C/C=C(C)/C=C/C=C(\C)C(=O)CC1(C)CC(OC(=O)CC(C)(O)CC(=O)O)CC(C)(C)C1O. The normalized spacial score (nSPS) is 24.7. The molecule has 0 aromatic rings. The molecule has 2 aliphatic carbocycles. The minimum atomic E-state index is -1.73. The highest BCUT2D eigenvalue weighted by molar-refractivity contribution is 5.95. The van der Waals surface area contributed by atoms with Gasteiger partial charge in [-0.1, -0.05) is 126 Å². The first kappa shape index (κ1) is 57.2. The predicted octanol–water partition coefficient (Wildman–Crippen LogP) is 10.1. The lowest BCUT2D eigenvalue weighted by Crippen LogP contribution is -2.53. The molecule has 0 saturated heterocycles. The van der Waals surface area contributed by atoms with E-state index in [1.807, 2.05) is 116 Å². The molecule has 0 aromatic heterocycles. The Hall–Kier alpha value is -3.86. The van der Waals surface area contributed by atoms with E-state index in [9.17, 15) is 29.4 Å². The molecule has 10 nitrogen and oxygen atoms in total. The number of carboxylic acid groups (broad SMARTS) is 1. The van der Waals surface area contributed by atoms with Crippen molar-refractivity contribution in [2.75, 3.05) is 7.05 Å². The molecule has 4 unspecified atom stereocenters. The highest BCUT2D eigenvalue weighted by Gasteiger charge is 2.51. The maximum absolute atomic E-state index is 13.2. The summed E-state index contributed by atoms with van der Waals surface area (Å²) in [6, 6.07) is 0. The number of ether oxygens (including phenoxy) is 2. The molecule has 2 aliphatic rings. The van der Waals surface area contributed by atoms with Gasteiger partial charge < -0.3 is 30.5 Å². The summed E-state index contributed by atoms with van der Waals surface area (Å²) in [5.74, 6) is -0.548. The van der Waals surface area contributed by atoms with Crippen LogP contribution in [0.3, 0.4) is 0 Å². The summed E-state index contributed by atoms with van der Waals surface area (Å²) in [5, 5.41) is 30.4. The molecule has 2 fully saturated rings. The third-order valence-corrected chi connectivity index (χ3v) is 10.4. The summed E-state index contributed by atoms with van der Waals surface area (Å²) in [7, 11) is 1.50. The number of carbonyl (C=O) groups is 4. The molecule has 0 spiro atoms. The van der Waals surface area contributed by atoms with E-state index in [1.54, 1.807) is 13.0 Å². The zero-order valence-corrected chi connectivity index (χ0v) is 39.0. The molecular weight excluding hydrogens is 747 g/mol. The van der Waals surface area contributed by atoms with Crippen LogP contribution in [0.4, 0.5) is 0 Å². The van der Waals surface area contributed by atoms with Crippen LogP contribution in [-0.4, -0.2) is 70.0 Å². The lowest BCUT2D eigenvalue weighted by Gasteiger charge is -2.50. The number of carbonyl (C=O) groups excluding carboxylic acids is 3. The third-order valence-electron chi connectivity index (χ3n) is 10.4. The van der Waals surface area contributed by atoms with Crippen molar-refractivity contribution in [1.82, 2.24) is 0 Å². The average molecular weight is 828 g/mol. The fraction of sp³-hybridized carbons (Fsp3) is 0.633. The van der Waals surface area contributed by atoms with Crippen molar-refractivity contribution in [3.63, 3.8) is 0 Å². The summed E-state index contributed by atoms with van der Waals surface area (Å²) >= 11 is 0. The molecule has 0 radical (unpaired) electrons. The number of hydrogen-bond donors (Lipinski definition) is 4. The lowest BCUT2D eigenvalue weighted by atomic mass is 9.59. The molecular formula is C49H81NO9. The number of Topliss-reactive ketones (excluding diaryl/α,β-unsaturated/α-hetero) is 1. The van der Waals surface area contributed by atoms with E-state index in [-0.39, 0.29) is 30.7 Å². The molecule has 59 heavy (non-hydrogen) atoms. The zero-order chi connectivity index (χ0) is 46.0. The molecule has 0 amide bonds. The van der Waals surface area contributed by atoms with Gasteiger partial charge in [0.25, 0.3) is 0 Å². The van der Waals surface area contributed by atoms with Crippen LogP contribution in [0.5, 0.6) is 0 Å². The Morgan fingerprint density at radius 2 is 1.31 bits per heavy atom. The van der Waals surface area contributed by atoms with Crippen LogP contribution >= 0.6 is 0 Å². The number of aliphatic hydroxyl groups excluding tert-OH is 1. The standard InChI is InChI=1S/C35H50O7.C11H20O2.C2H6.CH5N/c1-9-10-11-15-25(2)16-12-13-17-26(3)18-14-19-27(4)29(36)22-34(7)21-28(20-33(5,6)32(34)40)42-31(39)24-35(8,41)23-30(37)38;1-8(2)10-4-6-11(7-5-10)13-9(3)12;2*1-2/h9-19,28,32,40-41H,20-24H2,1-8H3,(H,37,38);8,10-11H,4-7H2,1-3H3;1-2H3;2H2,1H3/b10-9-,13-12+,15-11+,18-14+,25-16+,26-17+,27-19+;;;. The van der Waals surface area contributed by atoms with Gasteiger partial charge in [-0.3, -0.25) is 19.2 Å². The number of esters is 2. The van der Waals surface area contributed by atoms with Gasteiger partial charge in [0, 0.05) is 18.8 Å². The predicted molar refractivity (Wildman–Crippen MR) is 241 cm³/mol. The Kier molecular flexibility index (Phi) is 28.5. The van der Waals surface area contributed by atoms with Crippen molar-refractivity contribution in [3.8, 4) is 0 Å². The van der Waals surface area contributed by atoms with Gasteiger partial charge in [-0.25, -0.2) is 0 Å². The topological polar surface area (TPSA) is 173 Å². The molecule has 10 heteroatoms. The van der Waals surface area contributed by atoms with E-state index < -0.39 is 53.4 Å². The van der Waals surface area contributed by atoms with Crippen molar-refractivity contribution >= 4 is 23.7 Å². The second-order valence-corrected chi connectivity index (χ2v) is 17.1. The maximum Gasteiger partial charge on any atom is 0.308 e. The van der Waals surface area contributed by atoms with Gasteiger partial charge >= 0.3 is 17.9 Å². The van der Waals surface area contributed by atoms with Gasteiger partial charge in [-0.15, -0.1) is 0 Å². The summed E-state index contributed by atoms with van der Waals surface area (Å²) < 4.78 is 10.8. The number of aliphatic hydroxyl groups is 2. The summed E-state index contributed by atoms with van der Waals surface area (Å²) in [4.78, 5) is 47.4. The van der Waals surface area contributed by atoms with Crippen LogP contribution in [0.25, 0.3) is 0 Å². The number of aliphatic carboxylic acids is 1. The number of allylic oxidation sites excluding steroid dienone is 14. The van der Waals surface area contributed by atoms with Crippen molar-refractivity contribution in [3.05, 3.63) is 83.6 Å². The Balaban J connectivity index is 0. The molecule has 4 atom stereocenters. The van der Waals surface area contributed by atoms with Gasteiger partial charge in [-0.2, -0.15) is 0 Å². The van der Waals surface area contributed by atoms with E-state index in [0.29, 0.717) is 12.0 Å². The van der Waals surface area contributed by atoms with Crippen LogP contribution in [0.1, 0.15) is 148 Å².